The number of nitrogens with one attached hydrogen (secondary N) is 1. The van der Waals surface area contributed by atoms with Crippen LogP contribution in [0.2, 0.25) is 0 Å². The molecular formula is C34H44N4O4S. The van der Waals surface area contributed by atoms with Crippen molar-refractivity contribution in [2.45, 2.75) is 71.9 Å². The minimum absolute atomic E-state index is 0.0623. The summed E-state index contributed by atoms with van der Waals surface area (Å²) >= 11 is 0. The molecule has 0 amide bonds. The Hall–Kier alpha value is -3.69. The topological polar surface area (TPSA) is 95.2 Å². The van der Waals surface area contributed by atoms with Crippen LogP contribution in [0.3, 0.4) is 0 Å². The van der Waals surface area contributed by atoms with E-state index in [9.17, 15) is 13.2 Å². The van der Waals surface area contributed by atoms with Crippen molar-refractivity contribution in [2.75, 3.05) is 19.9 Å². The molecular weight excluding hydrogens is 560 g/mol. The number of sulfonamides is 1. The van der Waals surface area contributed by atoms with E-state index in [1.54, 1.807) is 16.4 Å². The average Bonchev–Trinajstić information content (AvgIpc) is 3.26. The smallest absolute Gasteiger partial charge is 0.346 e. The lowest BCUT2D eigenvalue weighted by molar-refractivity contribution is 0.409. The second kappa shape index (κ2) is 13.7. The molecule has 0 saturated carbocycles. The summed E-state index contributed by atoms with van der Waals surface area (Å²) in [6.45, 7) is 9.94. The molecule has 0 unspecified atom stereocenters. The molecule has 0 aliphatic carbocycles. The van der Waals surface area contributed by atoms with Crippen LogP contribution in [0, 0.1) is 0 Å². The summed E-state index contributed by atoms with van der Waals surface area (Å²) in [5, 5.41) is 4.71. The molecule has 230 valence electrons. The molecule has 4 rings (SSSR count). The Morgan fingerprint density at radius 3 is 2.14 bits per heavy atom. The summed E-state index contributed by atoms with van der Waals surface area (Å²) in [7, 11) is -1.62. The van der Waals surface area contributed by atoms with Crippen LogP contribution in [0.1, 0.15) is 62.2 Å². The number of rotatable bonds is 13. The predicted octanol–water partition coefficient (Wildman–Crippen LogP) is 5.35. The van der Waals surface area contributed by atoms with Gasteiger partial charge in [0.1, 0.15) is 11.6 Å². The van der Waals surface area contributed by atoms with Crippen LogP contribution in [0.25, 0.3) is 11.1 Å². The van der Waals surface area contributed by atoms with E-state index in [0.29, 0.717) is 26.1 Å². The maximum atomic E-state index is 13.0. The molecule has 0 atom stereocenters. The van der Waals surface area contributed by atoms with Crippen LogP contribution in [-0.2, 0) is 47.8 Å². The van der Waals surface area contributed by atoms with Gasteiger partial charge >= 0.3 is 5.69 Å². The third kappa shape index (κ3) is 8.67. The molecule has 1 heterocycles. The number of nitrogens with zero attached hydrogens (tertiary/aromatic N) is 3. The van der Waals surface area contributed by atoms with Crippen molar-refractivity contribution < 1.29 is 13.2 Å². The molecule has 3 aromatic carbocycles. The molecule has 43 heavy (non-hydrogen) atoms. The van der Waals surface area contributed by atoms with Crippen LogP contribution < -0.4 is 15.1 Å². The fraction of sp³-hybridized carbons (Fsp3) is 0.412. The Bertz CT molecular complexity index is 1680. The molecule has 0 saturated heterocycles. The first-order valence-electron chi connectivity index (χ1n) is 14.8. The van der Waals surface area contributed by atoms with Gasteiger partial charge in [0.05, 0.1) is 19.9 Å². The van der Waals surface area contributed by atoms with Crippen LogP contribution in [-0.4, -0.2) is 42.7 Å². The van der Waals surface area contributed by atoms with Gasteiger partial charge in [-0.3, -0.25) is 4.57 Å². The van der Waals surface area contributed by atoms with Gasteiger partial charge in [-0.25, -0.2) is 22.6 Å². The predicted molar refractivity (Wildman–Crippen MR) is 173 cm³/mol. The Balaban J connectivity index is 1.38. The van der Waals surface area contributed by atoms with Gasteiger partial charge < -0.3 is 4.74 Å². The standard InChI is InChI=1S/C34H44N4O4S/c1-7-37-32(36-38(33(37)39)24-26-13-18-30(19-14-26)34(2,3)4)10-8-9-25-11-15-27(16-12-25)28-17-20-31(42-5)29(23-28)21-22-35-43(6,40)41/h11-20,23,35H,7-10,21-22,24H2,1-6H3. The highest BCUT2D eigenvalue weighted by atomic mass is 32.2. The van der Waals surface area contributed by atoms with Gasteiger partial charge in [0.25, 0.3) is 0 Å². The zero-order chi connectivity index (χ0) is 31.2. The summed E-state index contributed by atoms with van der Waals surface area (Å²) in [6.07, 6.45) is 4.18. The van der Waals surface area contributed by atoms with E-state index in [0.717, 1.165) is 59.3 Å². The second-order valence-electron chi connectivity index (χ2n) is 12.0. The van der Waals surface area contributed by atoms with Crippen LogP contribution >= 0.6 is 0 Å². The maximum Gasteiger partial charge on any atom is 0.346 e. The normalized spacial score (nSPS) is 12.0. The number of aryl methyl sites for hydroxylation is 2. The molecule has 1 N–H and O–H groups in total. The lowest BCUT2D eigenvalue weighted by Gasteiger charge is -2.19. The first-order valence-corrected chi connectivity index (χ1v) is 16.7. The zero-order valence-electron chi connectivity index (χ0n) is 26.2. The number of hydrogen-bond donors (Lipinski definition) is 1. The first-order chi connectivity index (χ1) is 20.4. The molecule has 1 aromatic heterocycles. The fourth-order valence-corrected chi connectivity index (χ4v) is 5.69. The largest absolute Gasteiger partial charge is 0.496 e. The van der Waals surface area contributed by atoms with Crippen LogP contribution in [0.15, 0.2) is 71.5 Å². The third-order valence-corrected chi connectivity index (χ3v) is 8.39. The Labute approximate surface area is 255 Å². The molecule has 0 aliphatic heterocycles. The molecule has 0 fully saturated rings. The summed E-state index contributed by atoms with van der Waals surface area (Å²) in [6, 6.07) is 22.9. The van der Waals surface area contributed by atoms with E-state index in [1.807, 2.05) is 19.1 Å². The Kier molecular flexibility index (Phi) is 10.3. The highest BCUT2D eigenvalue weighted by molar-refractivity contribution is 7.88. The Morgan fingerprint density at radius 2 is 1.53 bits per heavy atom. The van der Waals surface area contributed by atoms with Crippen molar-refractivity contribution in [3.05, 3.63) is 105 Å². The van der Waals surface area contributed by atoms with Gasteiger partial charge in [-0.15, -0.1) is 0 Å². The van der Waals surface area contributed by atoms with Crippen molar-refractivity contribution in [1.82, 2.24) is 19.1 Å². The number of ether oxygens (including phenoxy) is 1. The average molecular weight is 605 g/mol. The molecule has 0 bridgehead atoms. The van der Waals surface area contributed by atoms with Crippen molar-refractivity contribution >= 4 is 10.0 Å². The summed E-state index contributed by atoms with van der Waals surface area (Å²) < 4.78 is 34.3. The number of benzene rings is 3. The highest BCUT2D eigenvalue weighted by Gasteiger charge is 2.15. The van der Waals surface area contributed by atoms with E-state index in [2.05, 4.69) is 80.1 Å². The molecule has 0 spiro atoms. The number of hydrogen-bond acceptors (Lipinski definition) is 5. The van der Waals surface area contributed by atoms with Crippen molar-refractivity contribution in [1.29, 1.82) is 0 Å². The Morgan fingerprint density at radius 1 is 0.884 bits per heavy atom. The molecule has 0 radical (unpaired) electrons. The fourth-order valence-electron chi connectivity index (χ4n) is 5.21. The van der Waals surface area contributed by atoms with Crippen molar-refractivity contribution in [3.63, 3.8) is 0 Å². The van der Waals surface area contributed by atoms with Crippen molar-refractivity contribution in [3.8, 4) is 16.9 Å². The molecule has 9 heteroatoms. The van der Waals surface area contributed by atoms with E-state index in [4.69, 9.17) is 9.84 Å². The molecule has 0 aliphatic rings. The van der Waals surface area contributed by atoms with E-state index >= 15 is 0 Å². The highest BCUT2D eigenvalue weighted by Crippen LogP contribution is 2.28. The molecule has 4 aromatic rings. The molecule has 8 nitrogen and oxygen atoms in total. The summed E-state index contributed by atoms with van der Waals surface area (Å²) in [5.41, 5.74) is 6.66. The number of methoxy groups -OCH3 is 1. The minimum atomic E-state index is -3.24. The van der Waals surface area contributed by atoms with E-state index < -0.39 is 10.0 Å². The van der Waals surface area contributed by atoms with Gasteiger partial charge in [-0.1, -0.05) is 75.4 Å². The summed E-state index contributed by atoms with van der Waals surface area (Å²) in [4.78, 5) is 13.0. The second-order valence-corrected chi connectivity index (χ2v) is 13.9. The zero-order valence-corrected chi connectivity index (χ0v) is 27.0. The van der Waals surface area contributed by atoms with Gasteiger partial charge in [-0.05, 0) is 77.1 Å². The SMILES string of the molecule is CCn1c(CCCc2ccc(-c3ccc(OC)c(CCNS(C)(=O)=O)c3)cc2)nn(Cc2ccc(C(C)(C)C)cc2)c1=O. The summed E-state index contributed by atoms with van der Waals surface area (Å²) in [5.74, 6) is 1.56. The quantitative estimate of drug-likeness (QED) is 0.222. The van der Waals surface area contributed by atoms with Gasteiger partial charge in [-0.2, -0.15) is 5.10 Å². The van der Waals surface area contributed by atoms with Gasteiger partial charge in [0.15, 0.2) is 0 Å². The number of aromatic nitrogens is 3. The van der Waals surface area contributed by atoms with E-state index in [1.165, 1.54) is 11.1 Å². The van der Waals surface area contributed by atoms with Gasteiger partial charge in [0, 0.05) is 19.5 Å². The van der Waals surface area contributed by atoms with Crippen LogP contribution in [0.4, 0.5) is 0 Å². The first kappa shape index (κ1) is 32.2. The minimum Gasteiger partial charge on any atom is -0.496 e. The monoisotopic (exact) mass is 604 g/mol. The van der Waals surface area contributed by atoms with Crippen molar-refractivity contribution in [2.24, 2.45) is 0 Å². The van der Waals surface area contributed by atoms with E-state index in [-0.39, 0.29) is 11.1 Å². The lowest BCUT2D eigenvalue weighted by atomic mass is 9.87. The maximum absolute atomic E-state index is 13.0. The third-order valence-electron chi connectivity index (χ3n) is 7.66. The van der Waals surface area contributed by atoms with Crippen LogP contribution in [0.5, 0.6) is 5.75 Å². The van der Waals surface area contributed by atoms with Gasteiger partial charge in [0.2, 0.25) is 10.0 Å². The lowest BCUT2D eigenvalue weighted by Crippen LogP contribution is -2.25.